The predicted octanol–water partition coefficient (Wildman–Crippen LogP) is -2.20. The molecule has 3 rings (SSSR count). The van der Waals surface area contributed by atoms with Crippen molar-refractivity contribution < 1.29 is 4.79 Å². The van der Waals surface area contributed by atoms with Crippen molar-refractivity contribution in [2.24, 2.45) is 14.1 Å². The number of amides is 1. The van der Waals surface area contributed by atoms with Crippen LogP contribution in [-0.4, -0.2) is 39.5 Å². The summed E-state index contributed by atoms with van der Waals surface area (Å²) in [6.07, 6.45) is 4.00. The summed E-state index contributed by atoms with van der Waals surface area (Å²) in [7, 11) is 2.89. The van der Waals surface area contributed by atoms with Crippen LogP contribution in [0, 0.1) is 0 Å². The predicted molar refractivity (Wildman–Crippen MR) is 74.6 cm³/mol. The molecule has 0 spiro atoms. The zero-order valence-electron chi connectivity index (χ0n) is 11.8. The fraction of sp³-hybridized carbons (Fsp3) is 0.273. The molecule has 0 aliphatic carbocycles. The molecule has 0 fully saturated rings. The number of carbonyl (C=O) groups is 1. The number of nitrogens with one attached hydrogen (secondary N) is 1. The van der Waals surface area contributed by atoms with Crippen LogP contribution in [0.15, 0.2) is 28.6 Å². The van der Waals surface area contributed by atoms with Crippen molar-refractivity contribution >= 4 is 17.1 Å². The summed E-state index contributed by atoms with van der Waals surface area (Å²) in [6.45, 7) is -0.137. The Hall–Kier alpha value is -3.24. The van der Waals surface area contributed by atoms with E-state index in [4.69, 9.17) is 0 Å². The Morgan fingerprint density at radius 1 is 1.14 bits per heavy atom. The van der Waals surface area contributed by atoms with Gasteiger partial charge in [-0.3, -0.25) is 24.1 Å². The van der Waals surface area contributed by atoms with Crippen LogP contribution in [0.25, 0.3) is 11.2 Å². The van der Waals surface area contributed by atoms with Crippen LogP contribution < -0.4 is 16.7 Å². The van der Waals surface area contributed by atoms with Crippen molar-refractivity contribution in [1.29, 1.82) is 0 Å². The third-order valence-corrected chi connectivity index (χ3v) is 3.20. The SMILES string of the molecule is Cn1c(=O)c2c(ncn2CC(=O)Nn2cnnc2)n(C)c1=O. The van der Waals surface area contributed by atoms with Gasteiger partial charge in [-0.1, -0.05) is 0 Å². The third kappa shape index (κ3) is 2.08. The van der Waals surface area contributed by atoms with Gasteiger partial charge in [0, 0.05) is 14.1 Å². The molecule has 1 amide bonds. The van der Waals surface area contributed by atoms with Crippen LogP contribution in [0.2, 0.25) is 0 Å². The number of hydrogen-bond donors (Lipinski definition) is 1. The summed E-state index contributed by atoms with van der Waals surface area (Å²) in [4.78, 5) is 40.0. The summed E-state index contributed by atoms with van der Waals surface area (Å²) in [5.74, 6) is -0.394. The van der Waals surface area contributed by atoms with Gasteiger partial charge in [-0.2, -0.15) is 0 Å². The average Bonchev–Trinajstić information content (AvgIpc) is 3.12. The van der Waals surface area contributed by atoms with Crippen molar-refractivity contribution in [3.8, 4) is 0 Å². The zero-order chi connectivity index (χ0) is 15.9. The van der Waals surface area contributed by atoms with Crippen LogP contribution in [0.1, 0.15) is 0 Å². The normalized spacial score (nSPS) is 11.0. The highest BCUT2D eigenvalue weighted by Crippen LogP contribution is 2.05. The van der Waals surface area contributed by atoms with Gasteiger partial charge < -0.3 is 4.57 Å². The van der Waals surface area contributed by atoms with Crippen LogP contribution in [-0.2, 0) is 25.4 Å². The molecule has 1 N–H and O–H groups in total. The number of rotatable bonds is 3. The van der Waals surface area contributed by atoms with Gasteiger partial charge >= 0.3 is 5.69 Å². The van der Waals surface area contributed by atoms with E-state index in [1.54, 1.807) is 0 Å². The first kappa shape index (κ1) is 13.7. The van der Waals surface area contributed by atoms with Crippen molar-refractivity contribution in [3.05, 3.63) is 39.8 Å². The lowest BCUT2D eigenvalue weighted by molar-refractivity contribution is -0.117. The lowest BCUT2D eigenvalue weighted by atomic mass is 10.4. The topological polar surface area (TPSA) is 122 Å². The fourth-order valence-electron chi connectivity index (χ4n) is 2.11. The zero-order valence-corrected chi connectivity index (χ0v) is 11.8. The first-order chi connectivity index (χ1) is 10.5. The number of nitrogens with zero attached hydrogens (tertiary/aromatic N) is 7. The molecule has 0 aliphatic heterocycles. The molecule has 3 aromatic heterocycles. The van der Waals surface area contributed by atoms with Crippen LogP contribution >= 0.6 is 0 Å². The highest BCUT2D eigenvalue weighted by molar-refractivity contribution is 5.84. The lowest BCUT2D eigenvalue weighted by Gasteiger charge is -2.07. The summed E-state index contributed by atoms with van der Waals surface area (Å²) < 4.78 is 4.90. The maximum Gasteiger partial charge on any atom is 0.332 e. The van der Waals surface area contributed by atoms with E-state index in [1.165, 1.54) is 46.9 Å². The van der Waals surface area contributed by atoms with Crippen LogP contribution in [0.3, 0.4) is 0 Å². The molecular formula is C11H12N8O3. The Kier molecular flexibility index (Phi) is 3.09. The third-order valence-electron chi connectivity index (χ3n) is 3.20. The second-order valence-electron chi connectivity index (χ2n) is 4.65. The van der Waals surface area contributed by atoms with Gasteiger partial charge in [-0.15, -0.1) is 10.2 Å². The highest BCUT2D eigenvalue weighted by Gasteiger charge is 2.15. The quantitative estimate of drug-likeness (QED) is 0.586. The van der Waals surface area contributed by atoms with Crippen LogP contribution in [0.5, 0.6) is 0 Å². The number of hydrogen-bond acceptors (Lipinski definition) is 6. The van der Waals surface area contributed by atoms with Gasteiger partial charge in [0.2, 0.25) is 0 Å². The molecule has 3 aromatic rings. The average molecular weight is 304 g/mol. The minimum absolute atomic E-state index is 0.137. The molecule has 0 radical (unpaired) electrons. The van der Waals surface area contributed by atoms with Crippen molar-refractivity contribution in [3.63, 3.8) is 0 Å². The Morgan fingerprint density at radius 2 is 1.82 bits per heavy atom. The maximum atomic E-state index is 12.2. The molecule has 0 saturated carbocycles. The van der Waals surface area contributed by atoms with E-state index in [0.717, 1.165) is 4.57 Å². The monoisotopic (exact) mass is 304 g/mol. The van der Waals surface area contributed by atoms with Gasteiger partial charge in [0.1, 0.15) is 19.2 Å². The molecule has 0 unspecified atom stereocenters. The summed E-state index contributed by atoms with van der Waals surface area (Å²) in [5.41, 5.74) is 1.94. The van der Waals surface area contributed by atoms with E-state index in [9.17, 15) is 14.4 Å². The molecule has 11 heteroatoms. The maximum absolute atomic E-state index is 12.2. The van der Waals surface area contributed by atoms with E-state index in [0.29, 0.717) is 0 Å². The molecule has 114 valence electrons. The minimum Gasteiger partial charge on any atom is -0.315 e. The smallest absolute Gasteiger partial charge is 0.315 e. The second kappa shape index (κ2) is 4.95. The largest absolute Gasteiger partial charge is 0.332 e. The van der Waals surface area contributed by atoms with Crippen LogP contribution in [0.4, 0.5) is 0 Å². The summed E-state index contributed by atoms with van der Waals surface area (Å²) in [6, 6.07) is 0. The number of aryl methyl sites for hydroxylation is 1. The number of imidazole rings is 1. The molecule has 0 aromatic carbocycles. The molecule has 0 atom stereocenters. The van der Waals surface area contributed by atoms with E-state index in [1.807, 2.05) is 0 Å². The van der Waals surface area contributed by atoms with Crippen molar-refractivity contribution in [2.75, 3.05) is 5.43 Å². The standard InChI is InChI=1S/C11H12N8O3/c1-16-9-8(10(21)17(2)11(16)22)18(4-12-9)3-7(20)15-19-5-13-14-6-19/h4-6H,3H2,1-2H3,(H,15,20). The number of fused-ring (bicyclic) bond motifs is 1. The molecular weight excluding hydrogens is 292 g/mol. The first-order valence-corrected chi connectivity index (χ1v) is 6.24. The summed E-state index contributed by atoms with van der Waals surface area (Å²) >= 11 is 0. The fourth-order valence-corrected chi connectivity index (χ4v) is 2.11. The van der Waals surface area contributed by atoms with E-state index in [-0.39, 0.29) is 17.7 Å². The molecule has 22 heavy (non-hydrogen) atoms. The Balaban J connectivity index is 2.00. The minimum atomic E-state index is -0.507. The molecule has 0 aliphatic rings. The van der Waals surface area contributed by atoms with Gasteiger partial charge in [-0.25, -0.2) is 14.5 Å². The summed E-state index contributed by atoms with van der Waals surface area (Å²) in [5, 5.41) is 7.11. The molecule has 0 bridgehead atoms. The van der Waals surface area contributed by atoms with Gasteiger partial charge in [0.05, 0.1) is 6.33 Å². The van der Waals surface area contributed by atoms with Crippen molar-refractivity contribution in [2.45, 2.75) is 6.54 Å². The van der Waals surface area contributed by atoms with E-state index in [2.05, 4.69) is 20.6 Å². The van der Waals surface area contributed by atoms with Gasteiger partial charge in [0.15, 0.2) is 11.2 Å². The lowest BCUT2D eigenvalue weighted by Crippen LogP contribution is -2.38. The second-order valence-corrected chi connectivity index (χ2v) is 4.65. The van der Waals surface area contributed by atoms with E-state index < -0.39 is 17.2 Å². The van der Waals surface area contributed by atoms with Gasteiger partial charge in [-0.05, 0) is 0 Å². The highest BCUT2D eigenvalue weighted by atomic mass is 16.2. The Labute approximate surface area is 122 Å². The van der Waals surface area contributed by atoms with E-state index >= 15 is 0 Å². The molecule has 11 nitrogen and oxygen atoms in total. The number of carbonyl (C=O) groups excluding carboxylic acids is 1. The Bertz CT molecular complexity index is 962. The first-order valence-electron chi connectivity index (χ1n) is 6.24. The Morgan fingerprint density at radius 3 is 2.50 bits per heavy atom. The van der Waals surface area contributed by atoms with Crippen molar-refractivity contribution in [1.82, 2.24) is 33.6 Å². The molecule has 0 saturated heterocycles. The molecule has 3 heterocycles. The van der Waals surface area contributed by atoms with Gasteiger partial charge in [0.25, 0.3) is 11.5 Å². The number of aromatic nitrogens is 7.